The number of carbonyl (C=O) groups is 2. The van der Waals surface area contributed by atoms with Crippen molar-refractivity contribution in [2.24, 2.45) is 0 Å². The largest absolute Gasteiger partial charge is 0.504 e. The normalized spacial score (nSPS) is 11.1. The molecule has 0 bridgehead atoms. The first-order chi connectivity index (χ1) is 13.3. The lowest BCUT2D eigenvalue weighted by molar-refractivity contribution is -0.132. The Balaban J connectivity index is 2.74. The second-order valence-corrected chi connectivity index (χ2v) is 5.58. The Labute approximate surface area is 160 Å². The highest BCUT2D eigenvalue weighted by molar-refractivity contribution is 5.89. The number of aromatic hydroxyl groups is 2. The number of hydrogen-bond donors (Lipinski definition) is 4. The Hall–Kier alpha value is -3.94. The van der Waals surface area contributed by atoms with Crippen LogP contribution >= 0.6 is 0 Å². The fourth-order valence-corrected chi connectivity index (χ4v) is 2.51. The van der Waals surface area contributed by atoms with Crippen LogP contribution in [-0.4, -0.2) is 46.6 Å². The molecular weight excluding hydrogens is 368 g/mol. The van der Waals surface area contributed by atoms with Gasteiger partial charge in [0.25, 0.3) is 0 Å². The van der Waals surface area contributed by atoms with E-state index in [-0.39, 0.29) is 34.1 Å². The number of carboxylic acids is 2. The van der Waals surface area contributed by atoms with Gasteiger partial charge in [-0.1, -0.05) is 0 Å². The van der Waals surface area contributed by atoms with E-state index in [4.69, 9.17) is 19.7 Å². The third kappa shape index (κ3) is 4.61. The molecule has 0 aromatic heterocycles. The molecule has 0 fully saturated rings. The van der Waals surface area contributed by atoms with Crippen molar-refractivity contribution < 1.29 is 39.5 Å². The highest BCUT2D eigenvalue weighted by Crippen LogP contribution is 2.45. The third-order valence-corrected chi connectivity index (χ3v) is 3.76. The Morgan fingerprint density at radius 3 is 1.39 bits per heavy atom. The predicted molar refractivity (Wildman–Crippen MR) is 102 cm³/mol. The first-order valence-corrected chi connectivity index (χ1v) is 7.91. The number of carboxylic acid groups (broad SMARTS) is 2. The van der Waals surface area contributed by atoms with Gasteiger partial charge in [-0.2, -0.15) is 0 Å². The molecule has 4 N–H and O–H groups in total. The predicted octanol–water partition coefficient (Wildman–Crippen LogP) is 2.98. The van der Waals surface area contributed by atoms with Crippen LogP contribution in [0.1, 0.15) is 11.1 Å². The van der Waals surface area contributed by atoms with Crippen LogP contribution in [-0.2, 0) is 9.59 Å². The molecule has 0 aliphatic rings. The van der Waals surface area contributed by atoms with Crippen molar-refractivity contribution in [3.8, 4) is 34.1 Å². The number of phenols is 2. The maximum Gasteiger partial charge on any atom is 0.328 e. The SMILES string of the molecule is COc1cc(/C=C\C(=O)O)cc(-c2cc(/C=C/C(=O)O)cc(OC)c2O)c1O. The lowest BCUT2D eigenvalue weighted by Gasteiger charge is -2.15. The number of methoxy groups -OCH3 is 2. The van der Waals surface area contributed by atoms with E-state index in [0.29, 0.717) is 11.1 Å². The van der Waals surface area contributed by atoms with E-state index in [1.165, 1.54) is 50.6 Å². The molecule has 0 amide bonds. The van der Waals surface area contributed by atoms with Crippen molar-refractivity contribution in [2.75, 3.05) is 14.2 Å². The molecule has 28 heavy (non-hydrogen) atoms. The summed E-state index contributed by atoms with van der Waals surface area (Å²) in [5.41, 5.74) is 1.09. The molecule has 2 rings (SSSR count). The molecule has 0 aliphatic heterocycles. The summed E-state index contributed by atoms with van der Waals surface area (Å²) < 4.78 is 10.2. The van der Waals surface area contributed by atoms with E-state index in [1.807, 2.05) is 0 Å². The number of aliphatic carboxylic acids is 2. The van der Waals surface area contributed by atoms with Gasteiger partial charge < -0.3 is 29.9 Å². The average molecular weight is 386 g/mol. The summed E-state index contributed by atoms with van der Waals surface area (Å²) in [6.45, 7) is 0. The smallest absolute Gasteiger partial charge is 0.328 e. The van der Waals surface area contributed by atoms with E-state index in [9.17, 15) is 19.8 Å². The van der Waals surface area contributed by atoms with Crippen molar-refractivity contribution in [3.63, 3.8) is 0 Å². The third-order valence-electron chi connectivity index (χ3n) is 3.76. The number of hydrogen-bond acceptors (Lipinski definition) is 6. The molecule has 0 saturated carbocycles. The van der Waals surface area contributed by atoms with Crippen LogP contribution in [0.4, 0.5) is 0 Å². The molecule has 0 unspecified atom stereocenters. The molecule has 0 radical (unpaired) electrons. The zero-order valence-electron chi connectivity index (χ0n) is 15.0. The van der Waals surface area contributed by atoms with Gasteiger partial charge in [0.15, 0.2) is 23.0 Å². The summed E-state index contributed by atoms with van der Waals surface area (Å²) in [7, 11) is 2.66. The summed E-state index contributed by atoms with van der Waals surface area (Å²) in [6, 6.07) is 5.77. The second-order valence-electron chi connectivity index (χ2n) is 5.58. The molecular formula is C20H18O8. The fraction of sp³-hybridized carbons (Fsp3) is 0.100. The van der Waals surface area contributed by atoms with Crippen molar-refractivity contribution in [2.45, 2.75) is 0 Å². The van der Waals surface area contributed by atoms with Gasteiger partial charge in [-0.3, -0.25) is 0 Å². The summed E-state index contributed by atoms with van der Waals surface area (Å²) in [6.07, 6.45) is 4.44. The van der Waals surface area contributed by atoms with Crippen molar-refractivity contribution >= 4 is 24.1 Å². The van der Waals surface area contributed by atoms with Crippen LogP contribution in [0.2, 0.25) is 0 Å². The minimum atomic E-state index is -1.15. The maximum absolute atomic E-state index is 10.8. The molecule has 146 valence electrons. The van der Waals surface area contributed by atoms with Crippen LogP contribution in [0, 0.1) is 0 Å². The highest BCUT2D eigenvalue weighted by Gasteiger charge is 2.18. The first-order valence-electron chi connectivity index (χ1n) is 7.91. The Bertz CT molecular complexity index is 893. The van der Waals surface area contributed by atoms with Crippen LogP contribution in [0.15, 0.2) is 36.4 Å². The molecule has 2 aromatic carbocycles. The van der Waals surface area contributed by atoms with Gasteiger partial charge in [0.05, 0.1) is 14.2 Å². The molecule has 8 heteroatoms. The summed E-state index contributed by atoms with van der Waals surface area (Å²) in [5.74, 6) is -2.75. The topological polar surface area (TPSA) is 134 Å². The van der Waals surface area contributed by atoms with Gasteiger partial charge in [0.2, 0.25) is 0 Å². The van der Waals surface area contributed by atoms with E-state index in [2.05, 4.69) is 0 Å². The molecule has 0 saturated heterocycles. The molecule has 8 nitrogen and oxygen atoms in total. The molecule has 0 atom stereocenters. The van der Waals surface area contributed by atoms with Gasteiger partial charge in [-0.15, -0.1) is 0 Å². The van der Waals surface area contributed by atoms with E-state index in [1.54, 1.807) is 0 Å². The van der Waals surface area contributed by atoms with Gasteiger partial charge in [-0.25, -0.2) is 9.59 Å². The summed E-state index contributed by atoms with van der Waals surface area (Å²) >= 11 is 0. The molecule has 0 spiro atoms. The fourth-order valence-electron chi connectivity index (χ4n) is 2.51. The van der Waals surface area contributed by atoms with E-state index in [0.717, 1.165) is 12.2 Å². The molecule has 0 heterocycles. The quantitative estimate of drug-likeness (QED) is 0.534. The van der Waals surface area contributed by atoms with Gasteiger partial charge in [-0.05, 0) is 47.5 Å². The van der Waals surface area contributed by atoms with Gasteiger partial charge in [0.1, 0.15) is 0 Å². The summed E-state index contributed by atoms with van der Waals surface area (Å²) in [4.78, 5) is 21.6. The molecule has 0 aliphatic carbocycles. The maximum atomic E-state index is 10.8. The zero-order valence-corrected chi connectivity index (χ0v) is 15.0. The Morgan fingerprint density at radius 1 is 0.750 bits per heavy atom. The van der Waals surface area contributed by atoms with E-state index < -0.39 is 11.9 Å². The number of phenolic OH excluding ortho intramolecular Hbond substituents is 2. The van der Waals surface area contributed by atoms with Crippen LogP contribution in [0.25, 0.3) is 23.3 Å². The van der Waals surface area contributed by atoms with E-state index >= 15 is 0 Å². The Kier molecular flexibility index (Phi) is 6.28. The standard InChI is InChI=1S/C20H18O8/c1-27-15-9-11(3-5-17(21)22)7-13(19(15)25)14-8-12(4-6-18(23)24)10-16(28-2)20(14)26/h3-10,25-26H,1-2H3,(H,21,22)(H,23,24)/b5-3-,6-4+. The highest BCUT2D eigenvalue weighted by atomic mass is 16.5. The number of rotatable bonds is 7. The minimum absolute atomic E-state index is 0.0624. The lowest BCUT2D eigenvalue weighted by Crippen LogP contribution is -1.93. The average Bonchev–Trinajstić information content (AvgIpc) is 2.66. The van der Waals surface area contributed by atoms with Gasteiger partial charge >= 0.3 is 11.9 Å². The number of ether oxygens (including phenoxy) is 2. The van der Waals surface area contributed by atoms with Crippen LogP contribution in [0.3, 0.4) is 0 Å². The Morgan fingerprint density at radius 2 is 1.11 bits per heavy atom. The monoisotopic (exact) mass is 386 g/mol. The minimum Gasteiger partial charge on any atom is -0.504 e. The summed E-state index contributed by atoms with van der Waals surface area (Å²) in [5, 5.41) is 38.7. The van der Waals surface area contributed by atoms with Crippen molar-refractivity contribution in [1.82, 2.24) is 0 Å². The number of benzene rings is 2. The van der Waals surface area contributed by atoms with Crippen LogP contribution < -0.4 is 9.47 Å². The second kappa shape index (κ2) is 8.63. The van der Waals surface area contributed by atoms with Crippen molar-refractivity contribution in [3.05, 3.63) is 47.5 Å². The first kappa shape index (κ1) is 20.4. The van der Waals surface area contributed by atoms with Gasteiger partial charge in [0, 0.05) is 23.3 Å². The van der Waals surface area contributed by atoms with Crippen molar-refractivity contribution in [1.29, 1.82) is 0 Å². The zero-order chi connectivity index (χ0) is 20.8. The van der Waals surface area contributed by atoms with Crippen LogP contribution in [0.5, 0.6) is 23.0 Å². The molecule has 2 aromatic rings. The lowest BCUT2D eigenvalue weighted by atomic mass is 9.97.